The van der Waals surface area contributed by atoms with E-state index in [2.05, 4.69) is 19.3 Å². The van der Waals surface area contributed by atoms with Gasteiger partial charge in [0.25, 0.3) is 0 Å². The van der Waals surface area contributed by atoms with E-state index in [9.17, 15) is 0 Å². The van der Waals surface area contributed by atoms with E-state index in [0.29, 0.717) is 5.41 Å². The second kappa shape index (κ2) is 2.86. The molecule has 0 saturated heterocycles. The maximum atomic E-state index is 5.57. The number of rotatable bonds is 3. The summed E-state index contributed by atoms with van der Waals surface area (Å²) in [6, 6.07) is 0.242. The van der Waals surface area contributed by atoms with Crippen LogP contribution in [0.5, 0.6) is 0 Å². The fourth-order valence-corrected chi connectivity index (χ4v) is 1.82. The van der Waals surface area contributed by atoms with Crippen molar-refractivity contribution in [3.05, 3.63) is 23.7 Å². The molecule has 1 unspecified atom stereocenters. The lowest BCUT2D eigenvalue weighted by molar-refractivity contribution is 0.368. The average molecular weight is 180 g/mol. The van der Waals surface area contributed by atoms with Crippen LogP contribution in [0.25, 0.3) is 0 Å². The van der Waals surface area contributed by atoms with Crippen molar-refractivity contribution in [2.75, 3.05) is 0 Å². The Kier molecular flexibility index (Phi) is 1.93. The van der Waals surface area contributed by atoms with Crippen LogP contribution in [0, 0.1) is 12.3 Å². The molecule has 2 rings (SSSR count). The van der Waals surface area contributed by atoms with Crippen molar-refractivity contribution in [2.24, 2.45) is 11.3 Å². The van der Waals surface area contributed by atoms with Crippen LogP contribution in [0.15, 0.2) is 16.9 Å². The molecule has 1 atom stereocenters. The van der Waals surface area contributed by atoms with Crippen molar-refractivity contribution in [3.8, 4) is 0 Å². The van der Waals surface area contributed by atoms with Gasteiger partial charge in [-0.3, -0.25) is 11.3 Å². The molecule has 1 aromatic rings. The summed E-state index contributed by atoms with van der Waals surface area (Å²) in [5, 5.41) is 0. The van der Waals surface area contributed by atoms with Gasteiger partial charge in [0.15, 0.2) is 0 Å². The molecule has 1 heterocycles. The molecule has 1 fully saturated rings. The first-order valence-electron chi connectivity index (χ1n) is 4.66. The second-order valence-corrected chi connectivity index (χ2v) is 4.26. The molecule has 0 spiro atoms. The Morgan fingerprint density at radius 3 is 2.62 bits per heavy atom. The normalized spacial score (nSPS) is 21.5. The van der Waals surface area contributed by atoms with Crippen LogP contribution in [0.2, 0.25) is 0 Å². The first-order chi connectivity index (χ1) is 6.17. The van der Waals surface area contributed by atoms with Crippen LogP contribution >= 0.6 is 0 Å². The van der Waals surface area contributed by atoms with Gasteiger partial charge in [0.05, 0.1) is 18.6 Å². The Morgan fingerprint density at radius 2 is 2.23 bits per heavy atom. The maximum Gasteiger partial charge on any atom is 0.0953 e. The summed E-state index contributed by atoms with van der Waals surface area (Å²) in [5.74, 6) is 5.57. The summed E-state index contributed by atoms with van der Waals surface area (Å²) in [4.78, 5) is 0. The zero-order valence-corrected chi connectivity index (χ0v) is 8.13. The molecule has 3 nitrogen and oxygen atoms in total. The van der Waals surface area contributed by atoms with Crippen molar-refractivity contribution in [1.82, 2.24) is 5.43 Å². The highest BCUT2D eigenvalue weighted by atomic mass is 16.3. The summed E-state index contributed by atoms with van der Waals surface area (Å²) in [6.07, 6.45) is 6.05. The molecule has 0 aliphatic heterocycles. The largest absolute Gasteiger partial charge is 0.472 e. The van der Waals surface area contributed by atoms with E-state index in [1.54, 1.807) is 12.5 Å². The van der Waals surface area contributed by atoms with Crippen molar-refractivity contribution >= 4 is 0 Å². The van der Waals surface area contributed by atoms with Gasteiger partial charge < -0.3 is 4.42 Å². The second-order valence-electron chi connectivity index (χ2n) is 4.26. The highest BCUT2D eigenvalue weighted by Gasteiger charge is 2.45. The number of nitrogens with one attached hydrogen (secondary N) is 1. The van der Waals surface area contributed by atoms with Gasteiger partial charge in [-0.25, -0.2) is 0 Å². The molecule has 72 valence electrons. The van der Waals surface area contributed by atoms with Crippen molar-refractivity contribution in [1.29, 1.82) is 0 Å². The number of furan rings is 1. The van der Waals surface area contributed by atoms with Crippen LogP contribution in [0.3, 0.4) is 0 Å². The number of hydrogen-bond acceptors (Lipinski definition) is 3. The zero-order valence-electron chi connectivity index (χ0n) is 8.13. The Morgan fingerprint density at radius 1 is 1.54 bits per heavy atom. The molecule has 1 saturated carbocycles. The first kappa shape index (κ1) is 8.78. The molecule has 1 aromatic heterocycles. The van der Waals surface area contributed by atoms with Crippen molar-refractivity contribution in [2.45, 2.75) is 32.7 Å². The summed E-state index contributed by atoms with van der Waals surface area (Å²) in [6.45, 7) is 4.30. The molecule has 0 aromatic carbocycles. The molecular weight excluding hydrogens is 164 g/mol. The third-order valence-electron chi connectivity index (χ3n) is 3.11. The van der Waals surface area contributed by atoms with Gasteiger partial charge in [0, 0.05) is 5.56 Å². The van der Waals surface area contributed by atoms with E-state index >= 15 is 0 Å². The van der Waals surface area contributed by atoms with Gasteiger partial charge in [-0.15, -0.1) is 0 Å². The van der Waals surface area contributed by atoms with Gasteiger partial charge in [-0.05, 0) is 30.7 Å². The lowest BCUT2D eigenvalue weighted by Crippen LogP contribution is -2.33. The molecule has 13 heavy (non-hydrogen) atoms. The average Bonchev–Trinajstić information content (AvgIpc) is 2.69. The molecular formula is C10H16N2O. The summed E-state index contributed by atoms with van der Waals surface area (Å²) < 4.78 is 5.16. The van der Waals surface area contributed by atoms with Crippen LogP contribution in [-0.4, -0.2) is 0 Å². The quantitative estimate of drug-likeness (QED) is 0.551. The number of hydrogen-bond donors (Lipinski definition) is 2. The third kappa shape index (κ3) is 1.38. The van der Waals surface area contributed by atoms with E-state index in [-0.39, 0.29) is 6.04 Å². The highest BCUT2D eigenvalue weighted by Crippen LogP contribution is 2.54. The lowest BCUT2D eigenvalue weighted by atomic mass is 9.92. The number of aryl methyl sites for hydroxylation is 1. The fraction of sp³-hybridized carbons (Fsp3) is 0.600. The van der Waals surface area contributed by atoms with Gasteiger partial charge in [-0.2, -0.15) is 0 Å². The van der Waals surface area contributed by atoms with Crippen LogP contribution in [0.1, 0.15) is 36.9 Å². The van der Waals surface area contributed by atoms with Crippen LogP contribution < -0.4 is 11.3 Å². The smallest absolute Gasteiger partial charge is 0.0953 e. The summed E-state index contributed by atoms with van der Waals surface area (Å²) >= 11 is 0. The Labute approximate surface area is 78.3 Å². The van der Waals surface area contributed by atoms with Crippen LogP contribution in [0.4, 0.5) is 0 Å². The summed E-state index contributed by atoms with van der Waals surface area (Å²) in [5.41, 5.74) is 5.60. The number of hydrazine groups is 1. The topological polar surface area (TPSA) is 51.2 Å². The molecule has 1 aliphatic carbocycles. The predicted molar refractivity (Wildman–Crippen MR) is 50.9 cm³/mol. The highest BCUT2D eigenvalue weighted by molar-refractivity contribution is 5.26. The predicted octanol–water partition coefficient (Wildman–Crippen LogP) is 1.89. The molecule has 1 aliphatic rings. The minimum absolute atomic E-state index is 0.242. The van der Waals surface area contributed by atoms with E-state index in [0.717, 1.165) is 0 Å². The third-order valence-corrected chi connectivity index (χ3v) is 3.11. The van der Waals surface area contributed by atoms with Gasteiger partial charge in [-0.1, -0.05) is 6.92 Å². The van der Waals surface area contributed by atoms with E-state index in [1.165, 1.54) is 24.0 Å². The Balaban J connectivity index is 2.27. The molecule has 0 amide bonds. The lowest BCUT2D eigenvalue weighted by Gasteiger charge is -2.21. The van der Waals surface area contributed by atoms with E-state index in [4.69, 9.17) is 10.3 Å². The van der Waals surface area contributed by atoms with E-state index in [1.807, 2.05) is 0 Å². The zero-order chi connectivity index (χ0) is 9.47. The standard InChI is InChI=1S/C10H16N2O/c1-7-5-13-6-8(7)9(12-11)10(2)3-4-10/h5-6,9,12H,3-4,11H2,1-2H3. The Bertz CT molecular complexity index is 302. The Hall–Kier alpha value is -0.800. The first-order valence-corrected chi connectivity index (χ1v) is 4.66. The molecule has 0 radical (unpaired) electrons. The fourth-order valence-electron chi connectivity index (χ4n) is 1.82. The number of nitrogens with two attached hydrogens (primary N) is 1. The summed E-state index contributed by atoms with van der Waals surface area (Å²) in [7, 11) is 0. The molecule has 0 bridgehead atoms. The van der Waals surface area contributed by atoms with Gasteiger partial charge >= 0.3 is 0 Å². The molecule has 3 N–H and O–H groups in total. The van der Waals surface area contributed by atoms with Crippen molar-refractivity contribution in [3.63, 3.8) is 0 Å². The van der Waals surface area contributed by atoms with E-state index < -0.39 is 0 Å². The molecule has 3 heteroatoms. The SMILES string of the molecule is Cc1cocc1C(NN)C1(C)CC1. The van der Waals surface area contributed by atoms with Crippen molar-refractivity contribution < 1.29 is 4.42 Å². The minimum Gasteiger partial charge on any atom is -0.472 e. The monoisotopic (exact) mass is 180 g/mol. The minimum atomic E-state index is 0.242. The maximum absolute atomic E-state index is 5.57. The van der Waals surface area contributed by atoms with Gasteiger partial charge in [0.2, 0.25) is 0 Å². The van der Waals surface area contributed by atoms with Gasteiger partial charge in [0.1, 0.15) is 0 Å². The van der Waals surface area contributed by atoms with Crippen LogP contribution in [-0.2, 0) is 0 Å².